The highest BCUT2D eigenvalue weighted by Crippen LogP contribution is 2.26. The fourth-order valence-electron chi connectivity index (χ4n) is 1.80. The first-order valence-corrected chi connectivity index (χ1v) is 8.39. The number of benzene rings is 2. The Morgan fingerprint density at radius 1 is 1.23 bits per heavy atom. The molecule has 0 aliphatic carbocycles. The highest BCUT2D eigenvalue weighted by Gasteiger charge is 2.32. The zero-order chi connectivity index (χ0) is 19.7. The van der Waals surface area contributed by atoms with Gasteiger partial charge in [-0.3, -0.25) is 4.79 Å². The van der Waals surface area contributed by atoms with Crippen molar-refractivity contribution in [2.45, 2.75) is 18.2 Å². The SMILES string of the molecule is CCSc1ccc(N)c(NC)c1.O=Cc1ccc(F)c(OC(F)(F)F)c1. The summed E-state index contributed by atoms with van der Waals surface area (Å²) >= 11 is 1.82. The van der Waals surface area contributed by atoms with Crippen LogP contribution >= 0.6 is 11.8 Å². The smallest absolute Gasteiger partial charge is 0.403 e. The quantitative estimate of drug-likeness (QED) is 0.327. The van der Waals surface area contributed by atoms with Crippen LogP contribution in [0, 0.1) is 5.82 Å². The third-order valence-corrected chi connectivity index (χ3v) is 3.80. The summed E-state index contributed by atoms with van der Waals surface area (Å²) in [5.74, 6) is -1.09. The summed E-state index contributed by atoms with van der Waals surface area (Å²) < 4.78 is 51.1. The Kier molecular flexibility index (Phi) is 8.24. The van der Waals surface area contributed by atoms with Gasteiger partial charge in [-0.2, -0.15) is 0 Å². The molecule has 0 aliphatic rings. The molecule has 0 bridgehead atoms. The highest BCUT2D eigenvalue weighted by molar-refractivity contribution is 7.99. The number of rotatable bonds is 5. The lowest BCUT2D eigenvalue weighted by molar-refractivity contribution is -0.275. The van der Waals surface area contributed by atoms with E-state index in [9.17, 15) is 22.4 Å². The summed E-state index contributed by atoms with van der Waals surface area (Å²) in [6.07, 6.45) is -4.68. The number of aldehydes is 1. The summed E-state index contributed by atoms with van der Waals surface area (Å²) in [7, 11) is 1.88. The molecule has 26 heavy (non-hydrogen) atoms. The normalized spacial score (nSPS) is 10.5. The molecule has 0 amide bonds. The molecule has 0 saturated carbocycles. The lowest BCUT2D eigenvalue weighted by Crippen LogP contribution is -2.18. The van der Waals surface area contributed by atoms with Crippen LogP contribution in [0.3, 0.4) is 0 Å². The van der Waals surface area contributed by atoms with Crippen LogP contribution in [0.1, 0.15) is 17.3 Å². The van der Waals surface area contributed by atoms with E-state index in [0.717, 1.165) is 29.3 Å². The van der Waals surface area contributed by atoms with Crippen LogP contribution in [0.2, 0.25) is 0 Å². The zero-order valence-corrected chi connectivity index (χ0v) is 14.9. The number of hydrogen-bond donors (Lipinski definition) is 2. The van der Waals surface area contributed by atoms with Crippen molar-refractivity contribution < 1.29 is 27.1 Å². The van der Waals surface area contributed by atoms with Gasteiger partial charge >= 0.3 is 6.36 Å². The van der Waals surface area contributed by atoms with Gasteiger partial charge in [0.15, 0.2) is 11.6 Å². The molecule has 2 aromatic carbocycles. The Balaban J connectivity index is 0.000000263. The number of hydrogen-bond acceptors (Lipinski definition) is 5. The molecule has 0 spiro atoms. The van der Waals surface area contributed by atoms with Crippen molar-refractivity contribution in [2.75, 3.05) is 23.9 Å². The molecule has 4 nitrogen and oxygen atoms in total. The van der Waals surface area contributed by atoms with Crippen LogP contribution in [0.5, 0.6) is 5.75 Å². The van der Waals surface area contributed by atoms with E-state index in [1.165, 1.54) is 4.90 Å². The molecule has 0 unspecified atom stereocenters. The lowest BCUT2D eigenvalue weighted by Gasteiger charge is -2.09. The van der Waals surface area contributed by atoms with Gasteiger partial charge in [0, 0.05) is 17.5 Å². The van der Waals surface area contributed by atoms with Crippen molar-refractivity contribution >= 4 is 29.4 Å². The summed E-state index contributed by atoms with van der Waals surface area (Å²) in [6, 6.07) is 8.50. The van der Waals surface area contributed by atoms with Crippen LogP contribution in [-0.2, 0) is 0 Å². The maximum absolute atomic E-state index is 12.7. The standard InChI is InChI=1S/C9H14N2S.C8H4F4O2/c1-3-12-7-4-5-8(10)9(6-7)11-2;9-6-2-1-5(4-13)3-7(6)14-8(10,11)12/h4-6,11H,3,10H2,1-2H3;1-4H. The predicted octanol–water partition coefficient (Wildman–Crippen LogP) is 4.96. The minimum atomic E-state index is -4.97. The van der Waals surface area contributed by atoms with Crippen LogP contribution < -0.4 is 15.8 Å². The topological polar surface area (TPSA) is 64.3 Å². The number of anilines is 2. The first kappa shape index (κ1) is 21.6. The Morgan fingerprint density at radius 3 is 2.46 bits per heavy atom. The van der Waals surface area contributed by atoms with Crippen LogP contribution in [-0.4, -0.2) is 25.4 Å². The average molecular weight is 390 g/mol. The molecule has 0 atom stereocenters. The molecule has 3 N–H and O–H groups in total. The largest absolute Gasteiger partial charge is 0.573 e. The van der Waals surface area contributed by atoms with E-state index in [-0.39, 0.29) is 5.56 Å². The molecule has 2 aromatic rings. The number of nitrogens with one attached hydrogen (secondary N) is 1. The fourth-order valence-corrected chi connectivity index (χ4v) is 2.50. The Labute approximate surface area is 152 Å². The molecule has 2 rings (SSSR count). The number of ether oxygens (including phenoxy) is 1. The summed E-state index contributed by atoms with van der Waals surface area (Å²) in [6.45, 7) is 2.14. The Bertz CT molecular complexity index is 739. The maximum Gasteiger partial charge on any atom is 0.573 e. The van der Waals surface area contributed by atoms with E-state index < -0.39 is 17.9 Å². The molecule has 0 aromatic heterocycles. The molecule has 9 heteroatoms. The number of thioether (sulfide) groups is 1. The van der Waals surface area contributed by atoms with Crippen LogP contribution in [0.25, 0.3) is 0 Å². The van der Waals surface area contributed by atoms with Crippen molar-refractivity contribution in [3.8, 4) is 5.75 Å². The molecule has 0 radical (unpaired) electrons. The first-order chi connectivity index (χ1) is 12.2. The van der Waals surface area contributed by atoms with Gasteiger partial charge in [0.05, 0.1) is 11.4 Å². The van der Waals surface area contributed by atoms with Gasteiger partial charge in [-0.1, -0.05) is 6.92 Å². The molecule has 142 valence electrons. The number of nitrogen functional groups attached to an aromatic ring is 1. The monoisotopic (exact) mass is 390 g/mol. The van der Waals surface area contributed by atoms with Gasteiger partial charge in [0.1, 0.15) is 6.29 Å². The van der Waals surface area contributed by atoms with E-state index in [0.29, 0.717) is 12.4 Å². The Hall–Kier alpha value is -2.42. The van der Waals surface area contributed by atoms with Gasteiger partial charge < -0.3 is 15.8 Å². The number of carbonyl (C=O) groups excluding carboxylic acids is 1. The van der Waals surface area contributed by atoms with Gasteiger partial charge in [0.25, 0.3) is 0 Å². The second-order valence-electron chi connectivity index (χ2n) is 4.79. The fraction of sp³-hybridized carbons (Fsp3) is 0.235. The molecule has 0 aliphatic heterocycles. The second kappa shape index (κ2) is 9.91. The maximum atomic E-state index is 12.7. The molecule has 0 heterocycles. The third-order valence-electron chi connectivity index (χ3n) is 2.92. The number of alkyl halides is 3. The molecular formula is C17H18F4N2O2S. The number of carbonyl (C=O) groups is 1. The van der Waals surface area contributed by atoms with Gasteiger partial charge in [-0.15, -0.1) is 24.9 Å². The van der Waals surface area contributed by atoms with Crippen LogP contribution in [0.15, 0.2) is 41.3 Å². The molecular weight excluding hydrogens is 372 g/mol. The minimum absolute atomic E-state index is 0.0920. The third kappa shape index (κ3) is 7.22. The molecule has 0 saturated heterocycles. The van der Waals surface area contributed by atoms with E-state index in [1.54, 1.807) is 0 Å². The van der Waals surface area contributed by atoms with Crippen LogP contribution in [0.4, 0.5) is 28.9 Å². The second-order valence-corrected chi connectivity index (χ2v) is 6.13. The van der Waals surface area contributed by atoms with Crippen molar-refractivity contribution in [2.24, 2.45) is 0 Å². The average Bonchev–Trinajstić information content (AvgIpc) is 2.58. The Morgan fingerprint density at radius 2 is 1.92 bits per heavy atom. The van der Waals surface area contributed by atoms with E-state index in [1.807, 2.05) is 30.9 Å². The first-order valence-electron chi connectivity index (χ1n) is 7.40. The number of halogens is 4. The van der Waals surface area contributed by atoms with Crippen molar-refractivity contribution in [3.05, 3.63) is 47.8 Å². The van der Waals surface area contributed by atoms with Crippen molar-refractivity contribution in [3.63, 3.8) is 0 Å². The minimum Gasteiger partial charge on any atom is -0.403 e. The predicted molar refractivity (Wildman–Crippen MR) is 95.3 cm³/mol. The van der Waals surface area contributed by atoms with Gasteiger partial charge in [0.2, 0.25) is 0 Å². The summed E-state index contributed by atoms with van der Waals surface area (Å²) in [4.78, 5) is 11.4. The van der Waals surface area contributed by atoms with Gasteiger partial charge in [-0.05, 0) is 42.2 Å². The van der Waals surface area contributed by atoms with E-state index >= 15 is 0 Å². The van der Waals surface area contributed by atoms with E-state index in [4.69, 9.17) is 5.73 Å². The number of nitrogens with two attached hydrogens (primary N) is 1. The molecule has 0 fully saturated rings. The van der Waals surface area contributed by atoms with Gasteiger partial charge in [-0.25, -0.2) is 4.39 Å². The van der Waals surface area contributed by atoms with Crippen molar-refractivity contribution in [1.82, 2.24) is 0 Å². The lowest BCUT2D eigenvalue weighted by atomic mass is 10.2. The zero-order valence-electron chi connectivity index (χ0n) is 14.1. The van der Waals surface area contributed by atoms with E-state index in [2.05, 4.69) is 23.0 Å². The van der Waals surface area contributed by atoms with Crippen molar-refractivity contribution in [1.29, 1.82) is 0 Å². The summed E-state index contributed by atoms with van der Waals surface area (Å²) in [5, 5.41) is 3.06. The highest BCUT2D eigenvalue weighted by atomic mass is 32.2. The summed E-state index contributed by atoms with van der Waals surface area (Å²) in [5.41, 5.74) is 7.44.